The molecule has 0 aliphatic rings. The monoisotopic (exact) mass is 928 g/mol. The summed E-state index contributed by atoms with van der Waals surface area (Å²) in [6.45, 7) is 0. The Hall–Kier alpha value is -7.03. The quantitative estimate of drug-likeness (QED) is 0.0916. The van der Waals surface area contributed by atoms with Crippen LogP contribution in [0.4, 0.5) is 37.7 Å². The number of aromatic nitrogens is 2. The van der Waals surface area contributed by atoms with Gasteiger partial charge in [-0.25, -0.2) is 16.8 Å². The first kappa shape index (κ1) is 45.5. The summed E-state index contributed by atoms with van der Waals surface area (Å²) in [5, 5.41) is 0.243. The molecule has 0 amide bonds. The Kier molecular flexibility index (Phi) is 13.1. The van der Waals surface area contributed by atoms with Crippen molar-refractivity contribution in [1.29, 1.82) is 0 Å². The first-order valence-electron chi connectivity index (χ1n) is 17.6. The second kappa shape index (κ2) is 18.1. The number of benzene rings is 4. The van der Waals surface area contributed by atoms with E-state index >= 15 is 0 Å². The van der Waals surface area contributed by atoms with E-state index in [0.29, 0.717) is 0 Å². The lowest BCUT2D eigenvalue weighted by atomic mass is 10.0. The fraction of sp³-hybridized carbons (Fsp3) is 0.0476. The summed E-state index contributed by atoms with van der Waals surface area (Å²) >= 11 is 0. The third kappa shape index (κ3) is 10.7. The summed E-state index contributed by atoms with van der Waals surface area (Å²) in [5.41, 5.74) is 2.30. The van der Waals surface area contributed by atoms with E-state index in [2.05, 4.69) is 14.7 Å². The second-order valence-corrected chi connectivity index (χ2v) is 17.1. The molecule has 0 unspecified atom stereocenters. The first-order chi connectivity index (χ1) is 29.6. The molecular weight excluding hydrogens is 902 g/mol. The van der Waals surface area contributed by atoms with Crippen LogP contribution in [0.15, 0.2) is 174 Å². The predicted octanol–water partition coefficient (Wildman–Crippen LogP) is 9.74. The number of anilines is 2. The minimum Gasteiger partial charge on any atom is -0.454 e. The summed E-state index contributed by atoms with van der Waals surface area (Å²) < 4.78 is 139. The minimum atomic E-state index is -4.68. The molecule has 3 N–H and O–H groups in total. The number of hydrogen-bond donors (Lipinski definition) is 2. The van der Waals surface area contributed by atoms with Gasteiger partial charge in [-0.2, -0.15) is 26.3 Å². The molecule has 63 heavy (non-hydrogen) atoms. The van der Waals surface area contributed by atoms with E-state index in [0.717, 1.165) is 30.5 Å². The number of para-hydroxylation sites is 2. The Bertz CT molecular complexity index is 3300. The van der Waals surface area contributed by atoms with Gasteiger partial charge in [0.05, 0.1) is 33.3 Å². The molecule has 0 aliphatic heterocycles. The lowest BCUT2D eigenvalue weighted by Crippen LogP contribution is -2.14. The standard InChI is InChI=1S/C21H13F3N2O4S.C16H10F3NO2.C5H4ClNO2S/c22-21(23,24)16-8-2-1-6-14(16)19-11-18(27)15-7-3-9-17(20(15)30-19)26-31(28,29)13-5-4-10-25-12-13;17-16(18,19)11-6-2-1-4-9(11)14-8-13(21)10-5-3-7-12(20)15(10)22-14;6-10(8,9)5-2-1-3-7-4-5/h1-12,26H;1-8H,20H2;1-4H. The van der Waals surface area contributed by atoms with Gasteiger partial charge < -0.3 is 14.6 Å². The first-order valence-corrected chi connectivity index (χ1v) is 21.4. The zero-order valence-electron chi connectivity index (χ0n) is 31.6. The number of alkyl halides is 6. The van der Waals surface area contributed by atoms with Crippen molar-refractivity contribution in [1.82, 2.24) is 9.97 Å². The summed E-state index contributed by atoms with van der Waals surface area (Å²) in [5.74, 6) is -0.498. The van der Waals surface area contributed by atoms with E-state index in [1.807, 2.05) is 0 Å². The number of pyridine rings is 2. The number of nitrogens with two attached hydrogens (primary N) is 1. The van der Waals surface area contributed by atoms with Gasteiger partial charge in [-0.15, -0.1) is 0 Å². The largest absolute Gasteiger partial charge is 0.454 e. The van der Waals surface area contributed by atoms with Crippen LogP contribution in [-0.4, -0.2) is 26.8 Å². The van der Waals surface area contributed by atoms with Gasteiger partial charge in [-0.1, -0.05) is 48.5 Å². The van der Waals surface area contributed by atoms with Crippen LogP contribution in [0, 0.1) is 0 Å². The second-order valence-electron chi connectivity index (χ2n) is 12.9. The molecule has 0 saturated heterocycles. The number of nitrogen functional groups attached to an aromatic ring is 1. The molecule has 8 rings (SSSR count). The van der Waals surface area contributed by atoms with Crippen LogP contribution in [0.1, 0.15) is 11.1 Å². The van der Waals surface area contributed by atoms with Crippen molar-refractivity contribution in [2.45, 2.75) is 22.1 Å². The van der Waals surface area contributed by atoms with Crippen molar-refractivity contribution >= 4 is 63.1 Å². The maximum Gasteiger partial charge on any atom is 0.417 e. The van der Waals surface area contributed by atoms with Gasteiger partial charge in [-0.3, -0.25) is 24.3 Å². The molecule has 4 heterocycles. The van der Waals surface area contributed by atoms with Gasteiger partial charge in [0, 0.05) is 58.7 Å². The highest BCUT2D eigenvalue weighted by atomic mass is 35.7. The number of rotatable bonds is 6. The SMILES string of the molecule is Nc1cccc2c(=O)cc(-c3ccccc3C(F)(F)F)oc12.O=S(=O)(Cl)c1cccnc1.O=c1cc(-c2ccccc2C(F)(F)F)oc2c(NS(=O)(=O)c3cccnc3)cccc12. The lowest BCUT2D eigenvalue weighted by Gasteiger charge is -2.14. The molecule has 4 aromatic carbocycles. The molecular formula is C42H27ClF6N4O8S2. The zero-order chi connectivity index (χ0) is 45.7. The van der Waals surface area contributed by atoms with Gasteiger partial charge in [0.2, 0.25) is 0 Å². The van der Waals surface area contributed by atoms with Crippen molar-refractivity contribution in [3.8, 4) is 22.6 Å². The third-order valence-electron chi connectivity index (χ3n) is 8.64. The molecule has 21 heteroatoms. The average molecular weight is 929 g/mol. The van der Waals surface area contributed by atoms with E-state index < -0.39 is 53.4 Å². The molecule has 0 bridgehead atoms. The molecule has 0 atom stereocenters. The predicted molar refractivity (Wildman–Crippen MR) is 223 cm³/mol. The molecule has 0 radical (unpaired) electrons. The lowest BCUT2D eigenvalue weighted by molar-refractivity contribution is -0.138. The molecule has 8 aromatic rings. The molecule has 0 saturated carbocycles. The Labute approximate surface area is 356 Å². The molecule has 4 aromatic heterocycles. The van der Waals surface area contributed by atoms with Crippen LogP contribution < -0.4 is 21.3 Å². The fourth-order valence-corrected chi connectivity index (χ4v) is 7.54. The van der Waals surface area contributed by atoms with Crippen LogP contribution in [0.25, 0.3) is 44.6 Å². The number of nitrogens with zero attached hydrogens (tertiary/aromatic N) is 2. The van der Waals surface area contributed by atoms with E-state index in [9.17, 15) is 52.8 Å². The highest BCUT2D eigenvalue weighted by molar-refractivity contribution is 8.13. The van der Waals surface area contributed by atoms with Crippen molar-refractivity contribution in [2.75, 3.05) is 10.5 Å². The smallest absolute Gasteiger partial charge is 0.417 e. The Morgan fingerprint density at radius 2 is 1.03 bits per heavy atom. The van der Waals surface area contributed by atoms with Gasteiger partial charge in [0.15, 0.2) is 22.0 Å². The molecule has 0 fully saturated rings. The average Bonchev–Trinajstić information content (AvgIpc) is 3.24. The Morgan fingerprint density at radius 1 is 0.571 bits per heavy atom. The van der Waals surface area contributed by atoms with Crippen molar-refractivity contribution < 1.29 is 52.0 Å². The van der Waals surface area contributed by atoms with E-state index in [1.54, 1.807) is 6.07 Å². The maximum atomic E-state index is 13.4. The van der Waals surface area contributed by atoms with Gasteiger partial charge in [0.1, 0.15) is 21.3 Å². The van der Waals surface area contributed by atoms with Crippen LogP contribution in [-0.2, 0) is 31.4 Å². The van der Waals surface area contributed by atoms with Gasteiger partial charge in [-0.05, 0) is 60.7 Å². The van der Waals surface area contributed by atoms with Gasteiger partial charge in [0.25, 0.3) is 19.1 Å². The van der Waals surface area contributed by atoms with Crippen molar-refractivity contribution in [3.63, 3.8) is 0 Å². The van der Waals surface area contributed by atoms with Crippen molar-refractivity contribution in [3.05, 3.63) is 178 Å². The van der Waals surface area contributed by atoms with E-state index in [1.165, 1.54) is 110 Å². The summed E-state index contributed by atoms with van der Waals surface area (Å²) in [6, 6.07) is 26.0. The topological polar surface area (TPSA) is 193 Å². The van der Waals surface area contributed by atoms with Crippen LogP contribution >= 0.6 is 10.7 Å². The van der Waals surface area contributed by atoms with Crippen LogP contribution in [0.2, 0.25) is 0 Å². The van der Waals surface area contributed by atoms with E-state index in [-0.39, 0.29) is 65.8 Å². The number of sulfonamides is 1. The van der Waals surface area contributed by atoms with Crippen LogP contribution in [0.3, 0.4) is 0 Å². The molecule has 12 nitrogen and oxygen atoms in total. The van der Waals surface area contributed by atoms with Crippen molar-refractivity contribution in [2.24, 2.45) is 0 Å². The number of hydrogen-bond acceptors (Lipinski definition) is 11. The molecule has 0 spiro atoms. The summed E-state index contributed by atoms with van der Waals surface area (Å²) in [6.07, 6.45) is -4.01. The fourth-order valence-electron chi connectivity index (χ4n) is 5.81. The van der Waals surface area contributed by atoms with Gasteiger partial charge >= 0.3 is 12.4 Å². The highest BCUT2D eigenvalue weighted by Crippen LogP contribution is 2.39. The van der Waals surface area contributed by atoms with E-state index in [4.69, 9.17) is 25.3 Å². The number of nitrogens with one attached hydrogen (secondary N) is 1. The normalized spacial score (nSPS) is 11.9. The Balaban J connectivity index is 0.000000178. The summed E-state index contributed by atoms with van der Waals surface area (Å²) in [7, 11) is -2.68. The minimum absolute atomic E-state index is 0.0135. The third-order valence-corrected chi connectivity index (χ3v) is 11.3. The maximum absolute atomic E-state index is 13.4. The molecule has 0 aliphatic carbocycles. The number of fused-ring (bicyclic) bond motifs is 2. The Morgan fingerprint density at radius 3 is 1.49 bits per heavy atom. The molecule has 324 valence electrons. The van der Waals surface area contributed by atoms with Crippen LogP contribution in [0.5, 0.6) is 0 Å². The summed E-state index contributed by atoms with van der Waals surface area (Å²) in [4.78, 5) is 31.9. The number of halogens is 7. The zero-order valence-corrected chi connectivity index (χ0v) is 33.9. The highest BCUT2D eigenvalue weighted by Gasteiger charge is 2.35.